The fourth-order valence-electron chi connectivity index (χ4n) is 5.56. The monoisotopic (exact) mass is 562 g/mol. The molecule has 7 nitrogen and oxygen atoms in total. The van der Waals surface area contributed by atoms with E-state index in [4.69, 9.17) is 4.74 Å². The number of hydrogen-bond acceptors (Lipinski definition) is 6. The lowest BCUT2D eigenvalue weighted by Gasteiger charge is -2.41. The quantitative estimate of drug-likeness (QED) is 0.259. The maximum Gasteiger partial charge on any atom is 0.338 e. The van der Waals surface area contributed by atoms with Crippen molar-refractivity contribution < 1.29 is 23.1 Å². The first-order valence-electron chi connectivity index (χ1n) is 13.7. The van der Waals surface area contributed by atoms with Crippen LogP contribution in [-0.2, 0) is 26.0 Å². The van der Waals surface area contributed by atoms with E-state index in [2.05, 4.69) is 21.8 Å². The van der Waals surface area contributed by atoms with Crippen molar-refractivity contribution in [3.63, 3.8) is 0 Å². The molecule has 0 aliphatic carbocycles. The number of anilines is 1. The molecule has 4 rings (SSSR count). The Bertz CT molecular complexity index is 1460. The number of sulfonamides is 1. The zero-order chi connectivity index (χ0) is 29.0. The number of aliphatic hydroxyl groups excluding tert-OH is 1. The molecule has 0 fully saturated rings. The van der Waals surface area contributed by atoms with Crippen LogP contribution in [0.15, 0.2) is 95.4 Å². The summed E-state index contributed by atoms with van der Waals surface area (Å²) in [6, 6.07) is 21.6. The number of esters is 1. The number of aromatic nitrogens is 1. The molecule has 2 atom stereocenters. The van der Waals surface area contributed by atoms with Gasteiger partial charge in [0.05, 0.1) is 5.57 Å². The van der Waals surface area contributed by atoms with Crippen LogP contribution in [0.4, 0.5) is 5.69 Å². The van der Waals surface area contributed by atoms with E-state index in [1.807, 2.05) is 52.0 Å². The molecule has 8 heteroatoms. The van der Waals surface area contributed by atoms with Crippen molar-refractivity contribution in [3.8, 4) is 0 Å². The van der Waals surface area contributed by atoms with Gasteiger partial charge in [0.2, 0.25) is 0 Å². The normalized spacial score (nSPS) is 18.8. The first-order valence-corrected chi connectivity index (χ1v) is 15.2. The molecule has 2 N–H and O–H groups in total. The van der Waals surface area contributed by atoms with E-state index in [-0.39, 0.29) is 22.8 Å². The second kappa shape index (κ2) is 11.8. The van der Waals surface area contributed by atoms with Gasteiger partial charge in [-0.1, -0.05) is 82.6 Å². The summed E-state index contributed by atoms with van der Waals surface area (Å²) in [7, 11) is -3.90. The maximum atomic E-state index is 13.7. The average molecular weight is 563 g/mol. The second-order valence-electron chi connectivity index (χ2n) is 11.5. The first kappa shape index (κ1) is 29.3. The van der Waals surface area contributed by atoms with E-state index < -0.39 is 32.9 Å². The van der Waals surface area contributed by atoms with Crippen LogP contribution in [0.2, 0.25) is 0 Å². The summed E-state index contributed by atoms with van der Waals surface area (Å²) in [5.41, 5.74) is 1.14. The van der Waals surface area contributed by atoms with Crippen molar-refractivity contribution in [3.05, 3.63) is 101 Å². The van der Waals surface area contributed by atoms with Gasteiger partial charge >= 0.3 is 5.97 Å². The van der Waals surface area contributed by atoms with Gasteiger partial charge < -0.3 is 9.84 Å². The van der Waals surface area contributed by atoms with E-state index in [0.717, 1.165) is 18.4 Å². The predicted octanol–water partition coefficient (Wildman–Crippen LogP) is 6.94. The van der Waals surface area contributed by atoms with Crippen LogP contribution in [0.3, 0.4) is 0 Å². The molecule has 1 aliphatic rings. The molecule has 212 valence electrons. The van der Waals surface area contributed by atoms with Crippen LogP contribution in [0.5, 0.6) is 0 Å². The smallest absolute Gasteiger partial charge is 0.338 e. The number of carbonyl (C=O) groups excluding carboxylic acids is 1. The Morgan fingerprint density at radius 1 is 1.02 bits per heavy atom. The number of nitrogens with one attached hydrogen (secondary N) is 1. The number of aryl methyl sites for hydroxylation is 1. The number of carbonyl (C=O) groups is 1. The number of pyridine rings is 1. The van der Waals surface area contributed by atoms with Crippen molar-refractivity contribution in [2.24, 2.45) is 5.41 Å². The summed E-state index contributed by atoms with van der Waals surface area (Å²) in [6.07, 6.45) is 4.47. The molecule has 0 saturated carbocycles. The van der Waals surface area contributed by atoms with Crippen LogP contribution in [0, 0.1) is 5.41 Å². The van der Waals surface area contributed by atoms with E-state index in [9.17, 15) is 18.3 Å². The standard InChI is InChI=1S/C32H38N2O5S/c1-5-18-32(19-17-23-12-7-6-8-13-23)22-26(35)28(30(36)39-32)29(31(2,3)4)24-14-11-15-25(21-24)34-40(37,38)27-16-9-10-20-33-27/h6-16,20-21,29,34-35H,5,17-19,22H2,1-4H3. The Hall–Kier alpha value is -3.65. The largest absolute Gasteiger partial charge is 0.512 e. The molecule has 0 radical (unpaired) electrons. The summed E-state index contributed by atoms with van der Waals surface area (Å²) in [4.78, 5) is 17.7. The Morgan fingerprint density at radius 3 is 2.38 bits per heavy atom. The van der Waals surface area contributed by atoms with Gasteiger partial charge in [-0.15, -0.1) is 0 Å². The molecule has 2 aromatic carbocycles. The van der Waals surface area contributed by atoms with Gasteiger partial charge in [0.1, 0.15) is 11.4 Å². The summed E-state index contributed by atoms with van der Waals surface area (Å²) < 4.78 is 34.6. The van der Waals surface area contributed by atoms with Crippen LogP contribution in [0.25, 0.3) is 0 Å². The predicted molar refractivity (Wildman–Crippen MR) is 156 cm³/mol. The molecular formula is C32H38N2O5S. The van der Waals surface area contributed by atoms with Crippen molar-refractivity contribution >= 4 is 21.7 Å². The summed E-state index contributed by atoms with van der Waals surface area (Å²) in [5.74, 6) is -1.02. The molecule has 3 aromatic rings. The Morgan fingerprint density at radius 2 is 1.75 bits per heavy atom. The minimum atomic E-state index is -3.90. The van der Waals surface area contributed by atoms with Crippen LogP contribution < -0.4 is 4.72 Å². The van der Waals surface area contributed by atoms with Crippen LogP contribution in [0.1, 0.15) is 70.4 Å². The fraction of sp³-hybridized carbons (Fsp3) is 0.375. The molecule has 0 amide bonds. The van der Waals surface area contributed by atoms with Gasteiger partial charge in [-0.25, -0.2) is 9.78 Å². The van der Waals surface area contributed by atoms with Gasteiger partial charge in [-0.05, 0) is 60.1 Å². The minimum absolute atomic E-state index is 0.0390. The van der Waals surface area contributed by atoms with Crippen molar-refractivity contribution in [1.29, 1.82) is 0 Å². The number of ether oxygens (including phenoxy) is 1. The Balaban J connectivity index is 1.66. The third kappa shape index (κ3) is 6.73. The SMILES string of the molecule is CCCC1(CCc2ccccc2)CC(O)=C(C(c2cccc(NS(=O)(=O)c3ccccn3)c2)C(C)(C)C)C(=O)O1. The number of nitrogens with zero attached hydrogens (tertiary/aromatic N) is 1. The molecule has 2 unspecified atom stereocenters. The lowest BCUT2D eigenvalue weighted by molar-refractivity contribution is -0.161. The second-order valence-corrected chi connectivity index (χ2v) is 13.2. The van der Waals surface area contributed by atoms with Gasteiger partial charge in [0.25, 0.3) is 10.0 Å². The van der Waals surface area contributed by atoms with Gasteiger partial charge in [0, 0.05) is 24.2 Å². The number of rotatable bonds is 10. The zero-order valence-corrected chi connectivity index (χ0v) is 24.4. The third-order valence-corrected chi connectivity index (χ3v) is 8.58. The van der Waals surface area contributed by atoms with Crippen LogP contribution in [-0.4, -0.2) is 30.1 Å². The molecule has 2 heterocycles. The third-order valence-electron chi connectivity index (χ3n) is 7.29. The summed E-state index contributed by atoms with van der Waals surface area (Å²) in [5, 5.41) is 11.4. The molecule has 0 bridgehead atoms. The highest BCUT2D eigenvalue weighted by Gasteiger charge is 2.46. The highest BCUT2D eigenvalue weighted by Crippen LogP contribution is 2.47. The molecule has 1 aliphatic heterocycles. The molecule has 40 heavy (non-hydrogen) atoms. The summed E-state index contributed by atoms with van der Waals surface area (Å²) in [6.45, 7) is 8.00. The number of cyclic esters (lactones) is 1. The van der Waals surface area contributed by atoms with Crippen molar-refractivity contribution in [1.82, 2.24) is 4.98 Å². The number of hydrogen-bond donors (Lipinski definition) is 2. The van der Waals surface area contributed by atoms with Crippen LogP contribution >= 0.6 is 0 Å². The maximum absolute atomic E-state index is 13.7. The fourth-order valence-corrected chi connectivity index (χ4v) is 6.56. The highest BCUT2D eigenvalue weighted by atomic mass is 32.2. The van der Waals surface area contributed by atoms with E-state index in [1.165, 1.54) is 12.3 Å². The molecule has 0 saturated heterocycles. The zero-order valence-electron chi connectivity index (χ0n) is 23.6. The molecular weight excluding hydrogens is 524 g/mol. The van der Waals surface area contributed by atoms with E-state index in [0.29, 0.717) is 24.1 Å². The van der Waals surface area contributed by atoms with E-state index >= 15 is 0 Å². The molecule has 1 aromatic heterocycles. The topological polar surface area (TPSA) is 106 Å². The summed E-state index contributed by atoms with van der Waals surface area (Å²) >= 11 is 0. The first-order chi connectivity index (χ1) is 18.9. The Labute approximate surface area is 237 Å². The average Bonchev–Trinajstić information content (AvgIpc) is 2.90. The molecule has 0 spiro atoms. The lowest BCUT2D eigenvalue weighted by Crippen LogP contribution is -2.43. The number of benzene rings is 2. The van der Waals surface area contributed by atoms with Crippen molar-refractivity contribution in [2.75, 3.05) is 4.72 Å². The Kier molecular flexibility index (Phi) is 8.68. The van der Waals surface area contributed by atoms with Gasteiger partial charge in [-0.3, -0.25) is 4.72 Å². The van der Waals surface area contributed by atoms with Crippen molar-refractivity contribution in [2.45, 2.75) is 76.3 Å². The number of aliphatic hydroxyl groups is 1. The highest BCUT2D eigenvalue weighted by molar-refractivity contribution is 7.92. The van der Waals surface area contributed by atoms with Gasteiger partial charge in [0.15, 0.2) is 5.03 Å². The minimum Gasteiger partial charge on any atom is -0.512 e. The van der Waals surface area contributed by atoms with E-state index in [1.54, 1.807) is 30.3 Å². The van der Waals surface area contributed by atoms with Gasteiger partial charge in [-0.2, -0.15) is 8.42 Å². The lowest BCUT2D eigenvalue weighted by atomic mass is 9.70.